The normalized spacial score (nSPS) is 13.4. The van der Waals surface area contributed by atoms with Gasteiger partial charge < -0.3 is 9.97 Å². The molecule has 0 saturated carbocycles. The van der Waals surface area contributed by atoms with Gasteiger partial charge in [0.1, 0.15) is 0 Å². The first-order valence-corrected chi connectivity index (χ1v) is 19.8. The number of pyridine rings is 2. The molecule has 0 spiro atoms. The molecule has 0 fully saturated rings. The van der Waals surface area contributed by atoms with Crippen LogP contribution in [-0.4, -0.2) is 18.0 Å². The van der Waals surface area contributed by atoms with Crippen LogP contribution in [0.5, 0.6) is 0 Å². The van der Waals surface area contributed by atoms with Crippen molar-refractivity contribution < 1.29 is 27.0 Å². The van der Waals surface area contributed by atoms with Gasteiger partial charge in [-0.3, -0.25) is 0 Å². The molecule has 5 heteroatoms. The summed E-state index contributed by atoms with van der Waals surface area (Å²) in [4.78, 5) is 8.98. The van der Waals surface area contributed by atoms with E-state index >= 15 is 0 Å². The second-order valence-corrected chi connectivity index (χ2v) is 18.8. The third-order valence-corrected chi connectivity index (χ3v) is 10.8. The van der Waals surface area contributed by atoms with Crippen LogP contribution in [0.1, 0.15) is 31.8 Å². The molecule has 239 valence electrons. The largest absolute Gasteiger partial charge is 0.305 e. The van der Waals surface area contributed by atoms with Crippen LogP contribution in [0.15, 0.2) is 116 Å². The summed E-state index contributed by atoms with van der Waals surface area (Å²) >= 11 is 1.82. The number of aromatic nitrogens is 2. The smallest absolute Gasteiger partial charge is 0.0798 e. The van der Waals surface area contributed by atoms with Gasteiger partial charge in [-0.15, -0.1) is 59.2 Å². The Morgan fingerprint density at radius 3 is 2.23 bits per heavy atom. The van der Waals surface area contributed by atoms with Gasteiger partial charge in [0.2, 0.25) is 0 Å². The van der Waals surface area contributed by atoms with E-state index in [1.807, 2.05) is 55.6 Å². The minimum Gasteiger partial charge on any atom is -0.305 e. The summed E-state index contributed by atoms with van der Waals surface area (Å²) < 4.78 is 42.1. The summed E-state index contributed by atoms with van der Waals surface area (Å²) in [6, 6.07) is 40.4. The predicted octanol–water partition coefficient (Wildman–Crippen LogP) is 11.2. The number of fused-ring (bicyclic) bond motifs is 3. The van der Waals surface area contributed by atoms with Crippen LogP contribution in [0.25, 0.3) is 53.8 Å². The first-order valence-electron chi connectivity index (χ1n) is 18.0. The Kier molecular flexibility index (Phi) is 9.03. The second kappa shape index (κ2) is 15.0. The number of hydrogen-bond acceptors (Lipinski definition) is 3. The van der Waals surface area contributed by atoms with E-state index in [1.165, 1.54) is 37.4 Å². The Hall–Kier alpha value is -3.73. The van der Waals surface area contributed by atoms with Crippen LogP contribution >= 0.6 is 11.3 Å². The van der Waals surface area contributed by atoms with Crippen LogP contribution in [-0.2, 0) is 26.5 Å². The van der Waals surface area contributed by atoms with Crippen LogP contribution in [0.2, 0.25) is 19.6 Å². The number of benzene rings is 4. The molecule has 0 aliphatic rings. The molecule has 0 aliphatic carbocycles. The fourth-order valence-electron chi connectivity index (χ4n) is 5.42. The Morgan fingerprint density at radius 1 is 0.766 bits per heavy atom. The molecule has 0 bridgehead atoms. The zero-order chi connectivity index (χ0) is 36.6. The summed E-state index contributed by atoms with van der Waals surface area (Å²) in [6.45, 7) is 8.14. The number of thiophene rings is 1. The molecule has 7 rings (SSSR count). The molecule has 0 saturated heterocycles. The summed E-state index contributed by atoms with van der Waals surface area (Å²) in [5, 5.41) is 3.59. The fraction of sp³-hybridized carbons (Fsp3) is 0.190. The SMILES string of the molecule is [2H]C([2H])([2H])c1c[c-]c(-c2cc(C([2H])([2H])C(C)C)c([Si](C)(C)C)cn2)cc1.[Ir].[c-]1cc2sc3cc(-c4ccccc4)ccc3c2cc1-c1ccccn1. The maximum Gasteiger partial charge on any atom is 0.0798 e. The summed E-state index contributed by atoms with van der Waals surface area (Å²) in [5.41, 5.74) is 6.72. The monoisotopic (exact) mass is 830 g/mol. The Labute approximate surface area is 305 Å². The molecule has 4 aromatic carbocycles. The van der Waals surface area contributed by atoms with Crippen molar-refractivity contribution in [2.24, 2.45) is 5.92 Å². The van der Waals surface area contributed by atoms with Gasteiger partial charge >= 0.3 is 0 Å². The average molecular weight is 830 g/mol. The van der Waals surface area contributed by atoms with Gasteiger partial charge in [-0.1, -0.05) is 112 Å². The molecular weight excluding hydrogens is 785 g/mol. The number of hydrogen-bond donors (Lipinski definition) is 0. The topological polar surface area (TPSA) is 25.8 Å². The minimum absolute atomic E-state index is 0. The van der Waals surface area contributed by atoms with Crippen molar-refractivity contribution in [2.75, 3.05) is 0 Å². The Morgan fingerprint density at radius 2 is 1.55 bits per heavy atom. The Balaban J connectivity index is 0.000000197. The molecule has 0 unspecified atom stereocenters. The first-order chi connectivity index (χ1) is 24.1. The third kappa shape index (κ3) is 8.23. The van der Waals surface area contributed by atoms with Gasteiger partial charge in [-0.25, -0.2) is 0 Å². The zero-order valence-corrected chi connectivity index (χ0v) is 31.4. The minimum atomic E-state index is -2.16. The standard InChI is InChI=1S/C23H14NS.C19H26NSi.Ir/c1-2-6-16(7-3-1)17-9-11-19-20-14-18(21-8-4-5-13-24-21)10-12-22(20)25-23(19)15-17;1-14(2)11-17-12-18(16-9-7-15(3)8-10-16)20-13-19(17)21(4,5)6;/h1-9,11-15H;7-9,12-14H,11H2,1-6H3;/q2*-1;/i;3D3,11D2;. The summed E-state index contributed by atoms with van der Waals surface area (Å²) in [7, 11) is -1.78. The second-order valence-electron chi connectivity index (χ2n) is 12.7. The number of aryl methyl sites for hydroxylation is 1. The van der Waals surface area contributed by atoms with Crippen molar-refractivity contribution in [3.8, 4) is 33.6 Å². The quantitative estimate of drug-likeness (QED) is 0.123. The van der Waals surface area contributed by atoms with E-state index in [4.69, 9.17) is 6.85 Å². The molecule has 3 heterocycles. The van der Waals surface area contributed by atoms with Crippen LogP contribution in [0, 0.1) is 24.9 Å². The molecule has 2 nitrogen and oxygen atoms in total. The van der Waals surface area contributed by atoms with Crippen molar-refractivity contribution in [2.45, 2.75) is 46.7 Å². The van der Waals surface area contributed by atoms with E-state index in [0.29, 0.717) is 16.8 Å². The molecule has 0 atom stereocenters. The van der Waals surface area contributed by atoms with Crippen molar-refractivity contribution in [3.05, 3.63) is 139 Å². The van der Waals surface area contributed by atoms with Gasteiger partial charge in [0.05, 0.1) is 8.07 Å². The Bertz CT molecular complexity index is 2280. The average Bonchev–Trinajstić information content (AvgIpc) is 3.49. The summed E-state index contributed by atoms with van der Waals surface area (Å²) in [6.07, 6.45) is 2.15. The van der Waals surface area contributed by atoms with E-state index in [0.717, 1.165) is 16.4 Å². The molecule has 1 radical (unpaired) electrons. The maximum absolute atomic E-state index is 8.59. The van der Waals surface area contributed by atoms with Gasteiger partial charge in [0.25, 0.3) is 0 Å². The van der Waals surface area contributed by atoms with E-state index in [-0.39, 0.29) is 31.6 Å². The van der Waals surface area contributed by atoms with Crippen LogP contribution < -0.4 is 5.19 Å². The van der Waals surface area contributed by atoms with Gasteiger partial charge in [-0.05, 0) is 62.2 Å². The maximum atomic E-state index is 8.59. The van der Waals surface area contributed by atoms with E-state index < -0.39 is 21.3 Å². The molecule has 0 N–H and O–H groups in total. The molecular formula is C42H40IrN2SSi-2. The first kappa shape index (κ1) is 28.3. The van der Waals surface area contributed by atoms with Gasteiger partial charge in [-0.2, -0.15) is 11.3 Å². The molecule has 3 aromatic heterocycles. The number of nitrogens with zero attached hydrogens (tertiary/aromatic N) is 2. The number of rotatable bonds is 6. The zero-order valence-electron chi connectivity index (χ0n) is 32.2. The van der Waals surface area contributed by atoms with Gasteiger partial charge in [0.15, 0.2) is 0 Å². The molecule has 0 amide bonds. The van der Waals surface area contributed by atoms with E-state index in [1.54, 1.807) is 18.3 Å². The molecule has 7 aromatic rings. The van der Waals surface area contributed by atoms with Crippen molar-refractivity contribution in [3.63, 3.8) is 0 Å². The molecule has 47 heavy (non-hydrogen) atoms. The van der Waals surface area contributed by atoms with Crippen LogP contribution in [0.4, 0.5) is 0 Å². The van der Waals surface area contributed by atoms with Crippen molar-refractivity contribution in [1.29, 1.82) is 0 Å². The van der Waals surface area contributed by atoms with Gasteiger partial charge in [0, 0.05) is 44.1 Å². The van der Waals surface area contributed by atoms with E-state index in [2.05, 4.69) is 102 Å². The molecule has 0 aliphatic heterocycles. The third-order valence-electron chi connectivity index (χ3n) is 7.70. The van der Waals surface area contributed by atoms with Crippen LogP contribution in [0.3, 0.4) is 0 Å². The summed E-state index contributed by atoms with van der Waals surface area (Å²) in [5.74, 6) is -0.172. The predicted molar refractivity (Wildman–Crippen MR) is 202 cm³/mol. The fourth-order valence-corrected chi connectivity index (χ4v) is 7.93. The van der Waals surface area contributed by atoms with Crippen molar-refractivity contribution >= 4 is 44.8 Å². The van der Waals surface area contributed by atoms with E-state index in [9.17, 15) is 0 Å². The van der Waals surface area contributed by atoms with Crippen molar-refractivity contribution in [1.82, 2.24) is 9.97 Å².